The Morgan fingerprint density at radius 3 is 2.69 bits per heavy atom. The van der Waals surface area contributed by atoms with Gasteiger partial charge in [-0.25, -0.2) is 0 Å². The van der Waals surface area contributed by atoms with Crippen LogP contribution in [0.3, 0.4) is 0 Å². The van der Waals surface area contributed by atoms with Crippen LogP contribution in [0, 0.1) is 6.92 Å². The number of halogens is 1. The third-order valence-electron chi connectivity index (χ3n) is 2.63. The monoisotopic (exact) mass is 237 g/mol. The van der Waals surface area contributed by atoms with Gasteiger partial charge in [-0.05, 0) is 26.0 Å². The molecule has 0 fully saturated rings. The van der Waals surface area contributed by atoms with Crippen molar-refractivity contribution in [1.29, 1.82) is 0 Å². The predicted octanol–water partition coefficient (Wildman–Crippen LogP) is 3.34. The highest BCUT2D eigenvalue weighted by molar-refractivity contribution is 6.37. The van der Waals surface area contributed by atoms with Gasteiger partial charge in [0, 0.05) is 16.6 Å². The molecule has 0 radical (unpaired) electrons. The van der Waals surface area contributed by atoms with Crippen LogP contribution in [0.4, 0.5) is 0 Å². The minimum atomic E-state index is -0.00102. The summed E-state index contributed by atoms with van der Waals surface area (Å²) < 4.78 is 5.23. The second kappa shape index (κ2) is 3.83. The molecule has 1 N–H and O–H groups in total. The second-order valence-corrected chi connectivity index (χ2v) is 4.09. The largest absolute Gasteiger partial charge is 0.495 e. The van der Waals surface area contributed by atoms with E-state index in [1.165, 1.54) is 6.92 Å². The number of benzene rings is 1. The van der Waals surface area contributed by atoms with Gasteiger partial charge in [-0.3, -0.25) is 4.79 Å². The Hall–Kier alpha value is -1.48. The van der Waals surface area contributed by atoms with Gasteiger partial charge in [-0.2, -0.15) is 0 Å². The Balaban J connectivity index is 2.93. The molecule has 0 amide bonds. The SMILES string of the molecule is COc1ccc(Cl)c2c(C(C)=O)c(C)[nH]c12. The van der Waals surface area contributed by atoms with Gasteiger partial charge >= 0.3 is 0 Å². The number of fused-ring (bicyclic) bond motifs is 1. The number of hydrogen-bond acceptors (Lipinski definition) is 2. The van der Waals surface area contributed by atoms with E-state index in [9.17, 15) is 4.79 Å². The summed E-state index contributed by atoms with van der Waals surface area (Å²) in [4.78, 5) is 14.7. The fourth-order valence-corrected chi connectivity index (χ4v) is 2.23. The highest BCUT2D eigenvalue weighted by Gasteiger charge is 2.17. The van der Waals surface area contributed by atoms with Gasteiger partial charge in [0.15, 0.2) is 5.78 Å². The molecule has 0 aliphatic heterocycles. The van der Waals surface area contributed by atoms with Crippen molar-refractivity contribution in [1.82, 2.24) is 4.98 Å². The molecule has 3 nitrogen and oxygen atoms in total. The molecule has 0 unspecified atom stereocenters. The molecule has 0 bridgehead atoms. The normalized spacial score (nSPS) is 10.8. The number of Topliss-reactive ketones (excluding diaryl/α,β-unsaturated/α-hetero) is 1. The molecule has 0 saturated heterocycles. The summed E-state index contributed by atoms with van der Waals surface area (Å²) in [6.07, 6.45) is 0. The summed E-state index contributed by atoms with van der Waals surface area (Å²) in [5.41, 5.74) is 2.23. The van der Waals surface area contributed by atoms with E-state index in [0.29, 0.717) is 16.3 Å². The van der Waals surface area contributed by atoms with E-state index >= 15 is 0 Å². The molecule has 84 valence electrons. The fraction of sp³-hybridized carbons (Fsp3) is 0.250. The number of aromatic amines is 1. The van der Waals surface area contributed by atoms with Crippen molar-refractivity contribution in [2.45, 2.75) is 13.8 Å². The first-order chi connectivity index (χ1) is 7.56. The number of carbonyl (C=O) groups excluding carboxylic acids is 1. The maximum Gasteiger partial charge on any atom is 0.162 e. The number of ketones is 1. The molecule has 1 heterocycles. The molecule has 1 aromatic heterocycles. The molecule has 0 aliphatic carbocycles. The number of methoxy groups -OCH3 is 1. The van der Waals surface area contributed by atoms with Gasteiger partial charge in [-0.1, -0.05) is 11.6 Å². The summed E-state index contributed by atoms with van der Waals surface area (Å²) in [6.45, 7) is 3.39. The van der Waals surface area contributed by atoms with Crippen LogP contribution in [0.1, 0.15) is 23.0 Å². The molecule has 2 aromatic rings. The Morgan fingerprint density at radius 2 is 2.12 bits per heavy atom. The molecular formula is C12H12ClNO2. The molecule has 2 rings (SSSR count). The number of ether oxygens (including phenoxy) is 1. The lowest BCUT2D eigenvalue weighted by molar-refractivity contribution is 0.101. The minimum Gasteiger partial charge on any atom is -0.495 e. The van der Waals surface area contributed by atoms with Crippen molar-refractivity contribution >= 4 is 28.3 Å². The van der Waals surface area contributed by atoms with E-state index in [4.69, 9.17) is 16.3 Å². The molecule has 0 saturated carbocycles. The van der Waals surface area contributed by atoms with E-state index in [-0.39, 0.29) is 5.78 Å². The summed E-state index contributed by atoms with van der Waals surface area (Å²) in [5.74, 6) is 0.689. The third-order valence-corrected chi connectivity index (χ3v) is 2.94. The predicted molar refractivity (Wildman–Crippen MR) is 64.6 cm³/mol. The number of aryl methyl sites for hydroxylation is 1. The topological polar surface area (TPSA) is 42.1 Å². The fourth-order valence-electron chi connectivity index (χ4n) is 1.97. The maximum atomic E-state index is 11.6. The molecular weight excluding hydrogens is 226 g/mol. The van der Waals surface area contributed by atoms with Crippen LogP contribution in [0.2, 0.25) is 5.02 Å². The van der Waals surface area contributed by atoms with Crippen LogP contribution in [-0.2, 0) is 0 Å². The summed E-state index contributed by atoms with van der Waals surface area (Å²) in [7, 11) is 1.59. The van der Waals surface area contributed by atoms with Crippen molar-refractivity contribution in [3.63, 3.8) is 0 Å². The first kappa shape index (κ1) is 11.0. The van der Waals surface area contributed by atoms with Gasteiger partial charge in [-0.15, -0.1) is 0 Å². The lowest BCUT2D eigenvalue weighted by Crippen LogP contribution is -1.93. The van der Waals surface area contributed by atoms with Crippen LogP contribution in [-0.4, -0.2) is 17.9 Å². The van der Waals surface area contributed by atoms with Crippen molar-refractivity contribution in [3.05, 3.63) is 28.4 Å². The van der Waals surface area contributed by atoms with Gasteiger partial charge in [0.1, 0.15) is 5.75 Å². The number of nitrogens with one attached hydrogen (secondary N) is 1. The standard InChI is InChI=1S/C12H12ClNO2/c1-6-10(7(2)15)11-8(13)4-5-9(16-3)12(11)14-6/h4-5,14H,1-3H3. The highest BCUT2D eigenvalue weighted by atomic mass is 35.5. The van der Waals surface area contributed by atoms with Gasteiger partial charge in [0.05, 0.1) is 17.6 Å². The second-order valence-electron chi connectivity index (χ2n) is 3.68. The molecule has 0 aliphatic rings. The number of H-pyrrole nitrogens is 1. The van der Waals surface area contributed by atoms with Crippen LogP contribution < -0.4 is 4.74 Å². The van der Waals surface area contributed by atoms with E-state index < -0.39 is 0 Å². The zero-order valence-corrected chi connectivity index (χ0v) is 10.1. The molecule has 0 atom stereocenters. The summed E-state index contributed by atoms with van der Waals surface area (Å²) >= 11 is 6.12. The van der Waals surface area contributed by atoms with Gasteiger partial charge < -0.3 is 9.72 Å². The highest BCUT2D eigenvalue weighted by Crippen LogP contribution is 2.35. The summed E-state index contributed by atoms with van der Waals surface area (Å²) in [5, 5.41) is 1.30. The van der Waals surface area contributed by atoms with Crippen molar-refractivity contribution in [3.8, 4) is 5.75 Å². The lowest BCUT2D eigenvalue weighted by atomic mass is 10.1. The molecule has 0 spiro atoms. The number of hydrogen-bond donors (Lipinski definition) is 1. The summed E-state index contributed by atoms with van der Waals surface area (Å²) in [6, 6.07) is 3.52. The number of aromatic nitrogens is 1. The van der Waals surface area contributed by atoms with Crippen LogP contribution in [0.25, 0.3) is 10.9 Å². The van der Waals surface area contributed by atoms with E-state index in [0.717, 1.165) is 16.6 Å². The minimum absolute atomic E-state index is 0.00102. The van der Waals surface area contributed by atoms with Crippen molar-refractivity contribution in [2.75, 3.05) is 7.11 Å². The average Bonchev–Trinajstić information content (AvgIpc) is 2.57. The Labute approximate surface area is 98.4 Å². The average molecular weight is 238 g/mol. The number of rotatable bonds is 2. The van der Waals surface area contributed by atoms with E-state index in [1.54, 1.807) is 19.2 Å². The molecule has 4 heteroatoms. The molecule has 1 aromatic carbocycles. The zero-order valence-electron chi connectivity index (χ0n) is 9.35. The van der Waals surface area contributed by atoms with E-state index in [2.05, 4.69) is 4.98 Å². The van der Waals surface area contributed by atoms with Crippen LogP contribution in [0.15, 0.2) is 12.1 Å². The zero-order chi connectivity index (χ0) is 11.9. The van der Waals surface area contributed by atoms with E-state index in [1.807, 2.05) is 6.92 Å². The van der Waals surface area contributed by atoms with Crippen molar-refractivity contribution in [2.24, 2.45) is 0 Å². The third kappa shape index (κ3) is 1.48. The first-order valence-electron chi connectivity index (χ1n) is 4.92. The quantitative estimate of drug-likeness (QED) is 0.814. The first-order valence-corrected chi connectivity index (χ1v) is 5.29. The van der Waals surface area contributed by atoms with Crippen LogP contribution >= 0.6 is 11.6 Å². The Bertz CT molecular complexity index is 572. The smallest absolute Gasteiger partial charge is 0.162 e. The van der Waals surface area contributed by atoms with Crippen LogP contribution in [0.5, 0.6) is 5.75 Å². The van der Waals surface area contributed by atoms with Crippen molar-refractivity contribution < 1.29 is 9.53 Å². The Kier molecular flexibility index (Phi) is 2.64. The number of carbonyl (C=O) groups is 1. The molecule has 16 heavy (non-hydrogen) atoms. The van der Waals surface area contributed by atoms with Gasteiger partial charge in [0.25, 0.3) is 0 Å². The Morgan fingerprint density at radius 1 is 1.44 bits per heavy atom. The lowest BCUT2D eigenvalue weighted by Gasteiger charge is -2.03. The van der Waals surface area contributed by atoms with Gasteiger partial charge in [0.2, 0.25) is 0 Å². The maximum absolute atomic E-state index is 11.6.